The highest BCUT2D eigenvalue weighted by Gasteiger charge is 2.40. The maximum Gasteiger partial charge on any atom is 0.256 e. The molecule has 2 aromatic carbocycles. The highest BCUT2D eigenvalue weighted by atomic mass is 35.5. The molecule has 0 saturated heterocycles. The third kappa shape index (κ3) is 7.29. The van der Waals surface area contributed by atoms with Gasteiger partial charge in [0.2, 0.25) is 5.91 Å². The lowest BCUT2D eigenvalue weighted by atomic mass is 9.94. The second-order valence-corrected chi connectivity index (χ2v) is 10.8. The van der Waals surface area contributed by atoms with E-state index in [9.17, 15) is 9.59 Å². The van der Waals surface area contributed by atoms with Crippen LogP contribution in [0.4, 0.5) is 5.69 Å². The second kappa shape index (κ2) is 12.8. The van der Waals surface area contributed by atoms with E-state index in [0.29, 0.717) is 59.4 Å². The minimum absolute atomic E-state index is 0.141. The Morgan fingerprint density at radius 1 is 1.11 bits per heavy atom. The number of carbonyl (C=O) groups is 2. The van der Waals surface area contributed by atoms with Gasteiger partial charge < -0.3 is 24.4 Å². The first-order valence-corrected chi connectivity index (χ1v) is 12.9. The van der Waals surface area contributed by atoms with E-state index in [2.05, 4.69) is 30.9 Å². The van der Waals surface area contributed by atoms with Crippen molar-refractivity contribution in [3.05, 3.63) is 52.5 Å². The third-order valence-corrected chi connectivity index (χ3v) is 6.32. The van der Waals surface area contributed by atoms with Gasteiger partial charge in [-0.25, -0.2) is 4.84 Å². The fourth-order valence-corrected chi connectivity index (χ4v) is 4.64. The lowest BCUT2D eigenvalue weighted by molar-refractivity contribution is -0.138. The number of nitrogens with zero attached hydrogens (tertiary/aromatic N) is 1. The summed E-state index contributed by atoms with van der Waals surface area (Å²) in [6.07, 6.45) is -1.28. The molecule has 37 heavy (non-hydrogen) atoms. The molecule has 1 aliphatic heterocycles. The first-order valence-electron chi connectivity index (χ1n) is 12.2. The van der Waals surface area contributed by atoms with Crippen LogP contribution in [-0.4, -0.2) is 51.8 Å². The average Bonchev–Trinajstić information content (AvgIpc) is 2.95. The highest BCUT2D eigenvalue weighted by molar-refractivity contribution is 6.30. The smallest absolute Gasteiger partial charge is 0.256 e. The molecular weight excluding hydrogens is 517 g/mol. The summed E-state index contributed by atoms with van der Waals surface area (Å²) in [6.45, 7) is 7.55. The van der Waals surface area contributed by atoms with Crippen molar-refractivity contribution >= 4 is 40.9 Å². The van der Waals surface area contributed by atoms with Gasteiger partial charge in [0.25, 0.3) is 5.91 Å². The number of methoxy groups -OCH3 is 2. The normalized spacial score (nSPS) is 17.7. The largest absolute Gasteiger partial charge is 0.493 e. The standard InChI is InChI=1S/C27H35Cl2N3O5/c1-27(2,3)16-32-20-11-10-17(28)14-19(20)24(18-8-6-9-21(35-4)25(18)36-5)37-22(26(32)34)15-23(33)30-12-7-13-31-29/h6,8-11,14,22,24,31H,7,12-13,15-16H2,1-5H3,(H,30,33)/t22-,24-/m1/s1. The number of amides is 2. The molecule has 2 amide bonds. The van der Waals surface area contributed by atoms with Crippen LogP contribution in [0.5, 0.6) is 11.5 Å². The number of hydrogen-bond acceptors (Lipinski definition) is 6. The van der Waals surface area contributed by atoms with Crippen LogP contribution in [0, 0.1) is 5.41 Å². The maximum absolute atomic E-state index is 13.9. The number of hydrogen-bond donors (Lipinski definition) is 2. The number of rotatable bonds is 10. The molecule has 2 aromatic rings. The van der Waals surface area contributed by atoms with Crippen LogP contribution in [0.2, 0.25) is 5.02 Å². The predicted octanol–water partition coefficient (Wildman–Crippen LogP) is 4.86. The Labute approximate surface area is 228 Å². The molecular formula is C27H35Cl2N3O5. The molecule has 2 atom stereocenters. The van der Waals surface area contributed by atoms with Crippen LogP contribution < -0.4 is 24.5 Å². The Hall–Kier alpha value is -2.52. The van der Waals surface area contributed by atoms with E-state index in [1.165, 1.54) is 0 Å². The molecule has 0 fully saturated rings. The number of ether oxygens (including phenoxy) is 3. The second-order valence-electron chi connectivity index (χ2n) is 10.1. The van der Waals surface area contributed by atoms with E-state index in [4.69, 9.17) is 37.6 Å². The van der Waals surface area contributed by atoms with Crippen LogP contribution in [0.1, 0.15) is 50.8 Å². The minimum atomic E-state index is -1.04. The van der Waals surface area contributed by atoms with Crippen molar-refractivity contribution in [2.24, 2.45) is 5.41 Å². The third-order valence-electron chi connectivity index (χ3n) is 5.89. The quantitative estimate of drug-likeness (QED) is 0.323. The number of halogens is 2. The molecule has 10 heteroatoms. The van der Waals surface area contributed by atoms with Crippen LogP contribution in [0.3, 0.4) is 0 Å². The Morgan fingerprint density at radius 3 is 2.51 bits per heavy atom. The monoisotopic (exact) mass is 551 g/mol. The van der Waals surface area contributed by atoms with Crippen molar-refractivity contribution in [1.29, 1.82) is 0 Å². The van der Waals surface area contributed by atoms with E-state index in [1.807, 2.05) is 18.2 Å². The van der Waals surface area contributed by atoms with Gasteiger partial charge in [0.15, 0.2) is 11.5 Å². The van der Waals surface area contributed by atoms with Crippen LogP contribution in [-0.2, 0) is 14.3 Å². The van der Waals surface area contributed by atoms with Gasteiger partial charge in [0.1, 0.15) is 12.2 Å². The molecule has 1 aliphatic rings. The number of benzene rings is 2. The average molecular weight is 552 g/mol. The number of fused-ring (bicyclic) bond motifs is 1. The van der Waals surface area contributed by atoms with Crippen molar-refractivity contribution in [1.82, 2.24) is 10.2 Å². The summed E-state index contributed by atoms with van der Waals surface area (Å²) in [5.41, 5.74) is 1.82. The summed E-state index contributed by atoms with van der Waals surface area (Å²) in [4.78, 5) is 31.0. The predicted molar refractivity (Wildman–Crippen MR) is 146 cm³/mol. The maximum atomic E-state index is 13.9. The minimum Gasteiger partial charge on any atom is -0.493 e. The zero-order chi connectivity index (χ0) is 27.2. The molecule has 2 N–H and O–H groups in total. The molecule has 0 aromatic heterocycles. The van der Waals surface area contributed by atoms with Gasteiger partial charge in [-0.2, -0.15) is 0 Å². The zero-order valence-electron chi connectivity index (χ0n) is 21.9. The molecule has 0 unspecified atom stereocenters. The van der Waals surface area contributed by atoms with Crippen molar-refractivity contribution in [3.63, 3.8) is 0 Å². The summed E-state index contributed by atoms with van der Waals surface area (Å²) >= 11 is 11.9. The summed E-state index contributed by atoms with van der Waals surface area (Å²) in [6, 6.07) is 10.8. The Balaban J connectivity index is 2.11. The Kier molecular flexibility index (Phi) is 10.1. The van der Waals surface area contributed by atoms with Crippen molar-refractivity contribution in [2.45, 2.75) is 45.8 Å². The summed E-state index contributed by atoms with van der Waals surface area (Å²) in [5, 5.41) is 3.34. The van der Waals surface area contributed by atoms with Crippen LogP contribution >= 0.6 is 23.4 Å². The number of carbonyl (C=O) groups excluding carboxylic acids is 2. The number of para-hydroxylation sites is 1. The molecule has 8 nitrogen and oxygen atoms in total. The van der Waals surface area contributed by atoms with Crippen LogP contribution in [0.25, 0.3) is 0 Å². The topological polar surface area (TPSA) is 89.1 Å². The fourth-order valence-electron chi connectivity index (χ4n) is 4.33. The summed E-state index contributed by atoms with van der Waals surface area (Å²) in [7, 11) is 3.11. The van der Waals surface area contributed by atoms with E-state index in [1.54, 1.807) is 37.3 Å². The molecule has 202 valence electrons. The first-order chi connectivity index (χ1) is 17.6. The zero-order valence-corrected chi connectivity index (χ0v) is 23.4. The molecule has 0 aliphatic carbocycles. The lowest BCUT2D eigenvalue weighted by Crippen LogP contribution is -2.45. The first kappa shape index (κ1) is 29.0. The van der Waals surface area contributed by atoms with Crippen LogP contribution in [0.15, 0.2) is 36.4 Å². The van der Waals surface area contributed by atoms with Gasteiger partial charge in [0, 0.05) is 41.5 Å². The highest BCUT2D eigenvalue weighted by Crippen LogP contribution is 2.45. The van der Waals surface area contributed by atoms with E-state index < -0.39 is 12.2 Å². The molecule has 3 rings (SSSR count). The van der Waals surface area contributed by atoms with Gasteiger partial charge in [-0.3, -0.25) is 9.59 Å². The van der Waals surface area contributed by atoms with E-state index >= 15 is 0 Å². The molecule has 0 saturated carbocycles. The summed E-state index contributed by atoms with van der Waals surface area (Å²) < 4.78 is 17.7. The van der Waals surface area contributed by atoms with Crippen molar-refractivity contribution < 1.29 is 23.8 Å². The molecule has 1 heterocycles. The van der Waals surface area contributed by atoms with Gasteiger partial charge in [-0.1, -0.05) is 44.5 Å². The number of nitrogens with one attached hydrogen (secondary N) is 2. The molecule has 0 spiro atoms. The van der Waals surface area contributed by atoms with Crippen molar-refractivity contribution in [3.8, 4) is 11.5 Å². The Morgan fingerprint density at radius 2 is 1.86 bits per heavy atom. The molecule has 0 radical (unpaired) electrons. The Bertz CT molecular complexity index is 1110. The van der Waals surface area contributed by atoms with Gasteiger partial charge in [0.05, 0.1) is 20.6 Å². The molecule has 0 bridgehead atoms. The fraction of sp³-hybridized carbons (Fsp3) is 0.481. The van der Waals surface area contributed by atoms with E-state index in [-0.39, 0.29) is 23.7 Å². The number of anilines is 1. The SMILES string of the molecule is COc1cccc([C@H]2O[C@H](CC(=O)NCCCNCl)C(=O)N(CC(C)(C)C)c3ccc(Cl)cc32)c1OC. The van der Waals surface area contributed by atoms with Gasteiger partial charge in [-0.05, 0) is 47.9 Å². The van der Waals surface area contributed by atoms with E-state index in [0.717, 1.165) is 0 Å². The lowest BCUT2D eigenvalue weighted by Gasteiger charge is -2.31. The van der Waals surface area contributed by atoms with Crippen molar-refractivity contribution in [2.75, 3.05) is 38.8 Å². The van der Waals surface area contributed by atoms with Gasteiger partial charge in [-0.15, -0.1) is 0 Å². The summed E-state index contributed by atoms with van der Waals surface area (Å²) in [5.74, 6) is 0.426. The van der Waals surface area contributed by atoms with Gasteiger partial charge >= 0.3 is 0 Å².